The van der Waals surface area contributed by atoms with Crippen LogP contribution in [0, 0.1) is 0 Å². The van der Waals surface area contributed by atoms with Gasteiger partial charge in [-0.3, -0.25) is 4.79 Å². The van der Waals surface area contributed by atoms with E-state index in [1.54, 1.807) is 31.2 Å². The van der Waals surface area contributed by atoms with Crippen LogP contribution in [0.5, 0.6) is 11.5 Å². The Balaban J connectivity index is 2.26. The van der Waals surface area contributed by atoms with Crippen molar-refractivity contribution in [3.8, 4) is 11.5 Å². The maximum atomic E-state index is 11.7. The second-order valence-corrected chi connectivity index (χ2v) is 6.33. The molecule has 23 heavy (non-hydrogen) atoms. The Labute approximate surface area is 142 Å². The van der Waals surface area contributed by atoms with Gasteiger partial charge in [0.2, 0.25) is 0 Å². The molecule has 8 heteroatoms. The lowest BCUT2D eigenvalue weighted by atomic mass is 10.1. The molecule has 0 aliphatic carbocycles. The third kappa shape index (κ3) is 4.23. The van der Waals surface area contributed by atoms with Crippen LogP contribution < -0.4 is 14.8 Å². The minimum Gasteiger partial charge on any atom is -0.493 e. The van der Waals surface area contributed by atoms with Crippen LogP contribution in [-0.2, 0) is 9.59 Å². The molecule has 0 spiro atoms. The van der Waals surface area contributed by atoms with Gasteiger partial charge in [0, 0.05) is 0 Å². The van der Waals surface area contributed by atoms with Gasteiger partial charge in [-0.05, 0) is 30.2 Å². The molecule has 1 aliphatic rings. The Morgan fingerprint density at radius 3 is 2.74 bits per heavy atom. The van der Waals surface area contributed by atoms with E-state index in [0.29, 0.717) is 27.1 Å². The number of carboxylic acid groups (broad SMARTS) is 1. The number of ether oxygens (including phenoxy) is 2. The van der Waals surface area contributed by atoms with Gasteiger partial charge in [-0.15, -0.1) is 0 Å². The van der Waals surface area contributed by atoms with Gasteiger partial charge in [-0.25, -0.2) is 4.79 Å². The van der Waals surface area contributed by atoms with Crippen LogP contribution in [0.3, 0.4) is 0 Å². The molecule has 6 nitrogen and oxygen atoms in total. The first-order valence-corrected chi connectivity index (χ1v) is 7.99. The molecule has 0 saturated carbocycles. The summed E-state index contributed by atoms with van der Waals surface area (Å²) in [6, 6.07) is 5.01. The summed E-state index contributed by atoms with van der Waals surface area (Å²) in [6.07, 6.45) is 1.07. The number of nitrogens with one attached hydrogen (secondary N) is 1. The Kier molecular flexibility index (Phi) is 5.62. The normalized spacial score (nSPS) is 17.0. The summed E-state index contributed by atoms with van der Waals surface area (Å²) in [5.74, 6) is -0.544. The molecule has 1 unspecified atom stereocenters. The largest absolute Gasteiger partial charge is 0.493 e. The number of carbonyl (C=O) groups is 2. The van der Waals surface area contributed by atoms with E-state index in [-0.39, 0.29) is 5.91 Å². The van der Waals surface area contributed by atoms with Crippen molar-refractivity contribution in [1.82, 2.24) is 5.32 Å². The molecular formula is C15H15NO5S2. The lowest BCUT2D eigenvalue weighted by molar-refractivity contribution is -0.145. The van der Waals surface area contributed by atoms with Crippen LogP contribution in [0.1, 0.15) is 18.9 Å². The average Bonchev–Trinajstić information content (AvgIpc) is 2.82. The molecular weight excluding hydrogens is 338 g/mol. The fraction of sp³-hybridized carbons (Fsp3) is 0.267. The molecule has 1 saturated heterocycles. The fourth-order valence-electron chi connectivity index (χ4n) is 1.91. The van der Waals surface area contributed by atoms with E-state index < -0.39 is 12.1 Å². The minimum absolute atomic E-state index is 0.240. The van der Waals surface area contributed by atoms with Crippen molar-refractivity contribution in [2.24, 2.45) is 0 Å². The van der Waals surface area contributed by atoms with Crippen molar-refractivity contribution in [2.45, 2.75) is 19.4 Å². The third-order valence-corrected chi connectivity index (χ3v) is 4.21. The number of carboxylic acids is 1. The molecule has 2 N–H and O–H groups in total. The monoisotopic (exact) mass is 353 g/mol. The quantitative estimate of drug-likeness (QED) is 0.600. The topological polar surface area (TPSA) is 84.9 Å². The molecule has 2 rings (SSSR count). The maximum absolute atomic E-state index is 11.7. The van der Waals surface area contributed by atoms with E-state index >= 15 is 0 Å². The molecule has 1 heterocycles. The van der Waals surface area contributed by atoms with Gasteiger partial charge in [0.1, 0.15) is 4.32 Å². The molecule has 1 aromatic rings. The van der Waals surface area contributed by atoms with E-state index in [1.165, 1.54) is 18.9 Å². The first-order valence-electron chi connectivity index (χ1n) is 6.77. The molecule has 1 amide bonds. The zero-order valence-corrected chi connectivity index (χ0v) is 14.1. The number of aliphatic carboxylic acids is 1. The SMILES string of the molecule is CCC(Oc1ccc(/C=C2/SC(=S)NC2=O)cc1OC)C(=O)O. The van der Waals surface area contributed by atoms with Crippen LogP contribution in [0.4, 0.5) is 0 Å². The van der Waals surface area contributed by atoms with Gasteiger partial charge in [0.15, 0.2) is 17.6 Å². The summed E-state index contributed by atoms with van der Waals surface area (Å²) >= 11 is 6.12. The zero-order valence-electron chi connectivity index (χ0n) is 12.5. The van der Waals surface area contributed by atoms with E-state index in [1.807, 2.05) is 0 Å². The predicted molar refractivity (Wildman–Crippen MR) is 91.6 cm³/mol. The second-order valence-electron chi connectivity index (χ2n) is 4.62. The number of carbonyl (C=O) groups excluding carboxylic acids is 1. The number of methoxy groups -OCH3 is 1. The summed E-state index contributed by atoms with van der Waals surface area (Å²) in [5, 5.41) is 11.6. The highest BCUT2D eigenvalue weighted by molar-refractivity contribution is 8.26. The lowest BCUT2D eigenvalue weighted by Gasteiger charge is -2.16. The van der Waals surface area contributed by atoms with Crippen molar-refractivity contribution in [3.63, 3.8) is 0 Å². The Bertz CT molecular complexity index is 686. The Morgan fingerprint density at radius 1 is 1.48 bits per heavy atom. The number of hydrogen-bond donors (Lipinski definition) is 2. The summed E-state index contributed by atoms with van der Waals surface area (Å²) in [5.41, 5.74) is 0.722. The molecule has 1 atom stereocenters. The van der Waals surface area contributed by atoms with Crippen LogP contribution in [0.15, 0.2) is 23.1 Å². The molecule has 0 aromatic heterocycles. The van der Waals surface area contributed by atoms with Crippen LogP contribution in [0.25, 0.3) is 6.08 Å². The predicted octanol–water partition coefficient (Wildman–Crippen LogP) is 2.43. The number of thiocarbonyl (C=S) groups is 1. The van der Waals surface area contributed by atoms with Gasteiger partial charge < -0.3 is 19.9 Å². The van der Waals surface area contributed by atoms with E-state index in [9.17, 15) is 9.59 Å². The summed E-state index contributed by atoms with van der Waals surface area (Å²) in [6.45, 7) is 1.73. The van der Waals surface area contributed by atoms with Gasteiger partial charge in [0.25, 0.3) is 5.91 Å². The van der Waals surface area contributed by atoms with Crippen molar-refractivity contribution in [3.05, 3.63) is 28.7 Å². The van der Waals surface area contributed by atoms with E-state index in [4.69, 9.17) is 26.8 Å². The molecule has 0 bridgehead atoms. The molecule has 1 fully saturated rings. The Morgan fingerprint density at radius 2 is 2.22 bits per heavy atom. The van der Waals surface area contributed by atoms with Gasteiger partial charge >= 0.3 is 5.97 Å². The van der Waals surface area contributed by atoms with Gasteiger partial charge in [-0.2, -0.15) is 0 Å². The summed E-state index contributed by atoms with van der Waals surface area (Å²) in [7, 11) is 1.47. The molecule has 0 radical (unpaired) electrons. The number of thioether (sulfide) groups is 1. The van der Waals surface area contributed by atoms with Gasteiger partial charge in [-0.1, -0.05) is 37.0 Å². The first kappa shape index (κ1) is 17.3. The van der Waals surface area contributed by atoms with Crippen molar-refractivity contribution < 1.29 is 24.2 Å². The van der Waals surface area contributed by atoms with Crippen LogP contribution >= 0.6 is 24.0 Å². The minimum atomic E-state index is -1.03. The number of benzene rings is 1. The first-order chi connectivity index (χ1) is 10.9. The highest BCUT2D eigenvalue weighted by Crippen LogP contribution is 2.32. The maximum Gasteiger partial charge on any atom is 0.344 e. The highest BCUT2D eigenvalue weighted by Gasteiger charge is 2.22. The molecule has 122 valence electrons. The summed E-state index contributed by atoms with van der Waals surface area (Å²) < 4.78 is 11.1. The summed E-state index contributed by atoms with van der Waals surface area (Å²) in [4.78, 5) is 23.2. The van der Waals surface area contributed by atoms with Gasteiger partial charge in [0.05, 0.1) is 12.0 Å². The van der Waals surface area contributed by atoms with Crippen LogP contribution in [0.2, 0.25) is 0 Å². The fourth-order valence-corrected chi connectivity index (χ4v) is 2.95. The number of rotatable bonds is 6. The average molecular weight is 353 g/mol. The van der Waals surface area contributed by atoms with Crippen molar-refractivity contribution in [1.29, 1.82) is 0 Å². The molecule has 1 aromatic carbocycles. The zero-order chi connectivity index (χ0) is 17.0. The number of hydrogen-bond acceptors (Lipinski definition) is 6. The Hall–Kier alpha value is -2.06. The van der Waals surface area contributed by atoms with Crippen molar-refractivity contribution in [2.75, 3.05) is 7.11 Å². The molecule has 1 aliphatic heterocycles. The standard InChI is InChI=1S/C15H15NO5S2/c1-3-9(14(18)19)21-10-5-4-8(6-11(10)20-2)7-12-13(17)16-15(22)23-12/h4-7,9H,3H2,1-2H3,(H,18,19)(H,16,17,22)/b12-7+. The third-order valence-electron chi connectivity index (χ3n) is 3.04. The number of amides is 1. The lowest BCUT2D eigenvalue weighted by Crippen LogP contribution is -2.26. The highest BCUT2D eigenvalue weighted by atomic mass is 32.2. The second kappa shape index (κ2) is 7.47. The smallest absolute Gasteiger partial charge is 0.344 e. The van der Waals surface area contributed by atoms with Crippen LogP contribution in [-0.4, -0.2) is 34.5 Å². The van der Waals surface area contributed by atoms with Crippen molar-refractivity contribution >= 4 is 46.3 Å². The van der Waals surface area contributed by atoms with E-state index in [2.05, 4.69) is 5.32 Å². The van der Waals surface area contributed by atoms with E-state index in [0.717, 1.165) is 5.56 Å².